The second-order valence-electron chi connectivity index (χ2n) is 6.74. The summed E-state index contributed by atoms with van der Waals surface area (Å²) in [5.74, 6) is 1.73. The molecule has 0 saturated heterocycles. The van der Waals surface area contributed by atoms with E-state index in [0.717, 1.165) is 28.6 Å². The van der Waals surface area contributed by atoms with E-state index in [1.165, 1.54) is 11.1 Å². The Morgan fingerprint density at radius 1 is 0.706 bits per heavy atom. The van der Waals surface area contributed by atoms with Crippen molar-refractivity contribution in [3.8, 4) is 22.9 Å². The highest BCUT2D eigenvalue weighted by Gasteiger charge is 2.05. The van der Waals surface area contributed by atoms with Crippen molar-refractivity contribution in [1.82, 2.24) is 19.1 Å². The number of imidazole rings is 2. The summed E-state index contributed by atoms with van der Waals surface area (Å²) in [4.78, 5) is 8.20. The summed E-state index contributed by atoms with van der Waals surface area (Å²) in [5.41, 5.74) is 5.40. The van der Waals surface area contributed by atoms with E-state index in [-0.39, 0.29) is 7.43 Å². The molecule has 0 bridgehead atoms. The molecule has 6 heteroatoms. The van der Waals surface area contributed by atoms with E-state index in [4.69, 9.17) is 9.47 Å². The number of hydrogen-bond donors (Lipinski definition) is 0. The van der Waals surface area contributed by atoms with Gasteiger partial charge in [-0.05, 0) is 56.2 Å². The molecule has 0 radical (unpaired) electrons. The first kappa shape index (κ1) is 30.5. The van der Waals surface area contributed by atoms with Crippen LogP contribution < -0.4 is 9.47 Å². The van der Waals surface area contributed by atoms with Crippen molar-refractivity contribution >= 4 is 0 Å². The van der Waals surface area contributed by atoms with Gasteiger partial charge in [0.05, 0.1) is 43.9 Å². The molecule has 4 rings (SSSR count). The molecule has 34 heavy (non-hydrogen) atoms. The Morgan fingerprint density at radius 3 is 1.59 bits per heavy atom. The predicted molar refractivity (Wildman–Crippen MR) is 144 cm³/mol. The maximum Gasteiger partial charge on any atom is 0.143 e. The van der Waals surface area contributed by atoms with Crippen molar-refractivity contribution in [3.63, 3.8) is 0 Å². The number of aryl methyl sites for hydroxylation is 3. The van der Waals surface area contributed by atoms with Gasteiger partial charge in [-0.15, -0.1) is 0 Å². The molecule has 0 spiro atoms. The third-order valence-electron chi connectivity index (χ3n) is 4.44. The van der Waals surface area contributed by atoms with Gasteiger partial charge in [0.25, 0.3) is 0 Å². The zero-order valence-corrected chi connectivity index (χ0v) is 21.5. The molecule has 2 heterocycles. The standard InChI is InChI=1S/C12H14N2O.C11H12N2O.2C2H6.CH4/c1-9-4-5-11(12(6-9)15-3)14-7-10(2)13-8-14;1-9-3-4-10(11(7-9)14-2)13-6-5-12-8-13;2*1-2;/h4-8H,1-3H3;3-8H,1-2H3;2*1-2H3;1H4. The number of aromatic nitrogens is 4. The Morgan fingerprint density at radius 2 is 1.21 bits per heavy atom. The van der Waals surface area contributed by atoms with E-state index in [9.17, 15) is 0 Å². The molecule has 0 fully saturated rings. The van der Waals surface area contributed by atoms with Gasteiger partial charge in [0, 0.05) is 18.6 Å². The van der Waals surface area contributed by atoms with Crippen LogP contribution in [0.3, 0.4) is 0 Å². The SMILES string of the molecule is C.CC.CC.COc1cc(C)ccc1-n1ccnc1.COc1cc(C)ccc1-n1cnc(C)c1. The molecule has 0 amide bonds. The maximum atomic E-state index is 5.34. The molecule has 0 aliphatic heterocycles. The number of benzene rings is 2. The van der Waals surface area contributed by atoms with Crippen LogP contribution in [0.15, 0.2) is 67.6 Å². The first-order valence-corrected chi connectivity index (χ1v) is 11.3. The first-order chi connectivity index (χ1) is 16.0. The Bertz CT molecular complexity index is 1070. The van der Waals surface area contributed by atoms with Crippen molar-refractivity contribution in [1.29, 1.82) is 0 Å². The topological polar surface area (TPSA) is 54.1 Å². The third kappa shape index (κ3) is 8.43. The van der Waals surface area contributed by atoms with Crippen LogP contribution in [0.2, 0.25) is 0 Å². The van der Waals surface area contributed by atoms with Crippen molar-refractivity contribution in [2.45, 2.75) is 55.9 Å². The van der Waals surface area contributed by atoms with Crippen molar-refractivity contribution < 1.29 is 9.47 Å². The number of methoxy groups -OCH3 is 2. The molecular weight excluding hydrogens is 424 g/mol. The monoisotopic (exact) mass is 466 g/mol. The van der Waals surface area contributed by atoms with Gasteiger partial charge in [-0.25, -0.2) is 9.97 Å². The molecule has 186 valence electrons. The summed E-state index contributed by atoms with van der Waals surface area (Å²) in [5, 5.41) is 0. The second kappa shape index (κ2) is 16.1. The van der Waals surface area contributed by atoms with Crippen molar-refractivity contribution in [3.05, 3.63) is 84.5 Å². The highest BCUT2D eigenvalue weighted by molar-refractivity contribution is 5.49. The molecular formula is C28H42N4O2. The van der Waals surface area contributed by atoms with Crippen LogP contribution in [0.4, 0.5) is 0 Å². The largest absolute Gasteiger partial charge is 0.495 e. The summed E-state index contributed by atoms with van der Waals surface area (Å²) in [6.45, 7) is 14.1. The Labute approximate surface area is 206 Å². The lowest BCUT2D eigenvalue weighted by Gasteiger charge is -2.09. The molecule has 0 N–H and O–H groups in total. The summed E-state index contributed by atoms with van der Waals surface area (Å²) in [6.07, 6.45) is 9.18. The minimum absolute atomic E-state index is 0. The lowest BCUT2D eigenvalue weighted by molar-refractivity contribution is 0.412. The lowest BCUT2D eigenvalue weighted by Crippen LogP contribution is -1.95. The molecule has 2 aromatic carbocycles. The fourth-order valence-corrected chi connectivity index (χ4v) is 2.95. The molecule has 6 nitrogen and oxygen atoms in total. The number of hydrogen-bond acceptors (Lipinski definition) is 4. The summed E-state index contributed by atoms with van der Waals surface area (Å²) < 4.78 is 14.5. The van der Waals surface area contributed by atoms with Crippen LogP contribution in [0.1, 0.15) is 51.9 Å². The Balaban J connectivity index is 0.000000546. The third-order valence-corrected chi connectivity index (χ3v) is 4.44. The van der Waals surface area contributed by atoms with Crippen molar-refractivity contribution in [2.75, 3.05) is 14.2 Å². The van der Waals surface area contributed by atoms with E-state index in [0.29, 0.717) is 0 Å². The molecule has 0 aliphatic rings. The minimum Gasteiger partial charge on any atom is -0.495 e. The molecule has 2 aromatic heterocycles. The normalized spacial score (nSPS) is 9.09. The zero-order valence-electron chi connectivity index (χ0n) is 21.5. The number of nitrogens with zero attached hydrogens (tertiary/aromatic N) is 4. The van der Waals surface area contributed by atoms with Gasteiger partial charge in [-0.1, -0.05) is 47.3 Å². The summed E-state index contributed by atoms with van der Waals surface area (Å²) >= 11 is 0. The molecule has 0 unspecified atom stereocenters. The van der Waals surface area contributed by atoms with Crippen LogP contribution in [0.25, 0.3) is 11.4 Å². The van der Waals surface area contributed by atoms with Gasteiger partial charge in [0.2, 0.25) is 0 Å². The van der Waals surface area contributed by atoms with Gasteiger partial charge in [0.15, 0.2) is 0 Å². The van der Waals surface area contributed by atoms with E-state index in [1.54, 1.807) is 33.1 Å². The second-order valence-corrected chi connectivity index (χ2v) is 6.74. The van der Waals surface area contributed by atoms with Gasteiger partial charge < -0.3 is 18.6 Å². The van der Waals surface area contributed by atoms with Crippen molar-refractivity contribution in [2.24, 2.45) is 0 Å². The van der Waals surface area contributed by atoms with E-state index < -0.39 is 0 Å². The van der Waals surface area contributed by atoms with Gasteiger partial charge >= 0.3 is 0 Å². The van der Waals surface area contributed by atoms with Gasteiger partial charge in [-0.3, -0.25) is 0 Å². The average Bonchev–Trinajstić information content (AvgIpc) is 3.54. The summed E-state index contributed by atoms with van der Waals surface area (Å²) in [6, 6.07) is 12.2. The van der Waals surface area contributed by atoms with Gasteiger partial charge in [0.1, 0.15) is 11.5 Å². The number of rotatable bonds is 4. The molecule has 4 aromatic rings. The smallest absolute Gasteiger partial charge is 0.143 e. The molecule has 0 aliphatic carbocycles. The quantitative estimate of drug-likeness (QED) is 0.315. The van der Waals surface area contributed by atoms with E-state index in [2.05, 4.69) is 22.1 Å². The lowest BCUT2D eigenvalue weighted by atomic mass is 10.2. The molecule has 0 atom stereocenters. The molecule has 0 saturated carbocycles. The van der Waals surface area contributed by atoms with Crippen LogP contribution in [-0.2, 0) is 0 Å². The van der Waals surface area contributed by atoms with Crippen LogP contribution in [-0.4, -0.2) is 33.3 Å². The van der Waals surface area contributed by atoms with Crippen LogP contribution >= 0.6 is 0 Å². The highest BCUT2D eigenvalue weighted by atomic mass is 16.5. The minimum atomic E-state index is 0. The fraction of sp³-hybridized carbons (Fsp3) is 0.357. The van der Waals surface area contributed by atoms with E-state index >= 15 is 0 Å². The average molecular weight is 467 g/mol. The number of ether oxygens (including phenoxy) is 2. The Kier molecular flexibility index (Phi) is 14.5. The van der Waals surface area contributed by atoms with Crippen LogP contribution in [0.5, 0.6) is 11.5 Å². The predicted octanol–water partition coefficient (Wildman–Crippen LogP) is 7.38. The first-order valence-electron chi connectivity index (χ1n) is 11.3. The Hall–Kier alpha value is -3.54. The maximum absolute atomic E-state index is 5.34. The summed E-state index contributed by atoms with van der Waals surface area (Å²) in [7, 11) is 3.36. The highest BCUT2D eigenvalue weighted by Crippen LogP contribution is 2.24. The van der Waals surface area contributed by atoms with Gasteiger partial charge in [-0.2, -0.15) is 0 Å². The van der Waals surface area contributed by atoms with E-state index in [1.807, 2.05) is 94.3 Å². The van der Waals surface area contributed by atoms with Crippen LogP contribution in [0, 0.1) is 20.8 Å². The fourth-order valence-electron chi connectivity index (χ4n) is 2.95. The zero-order chi connectivity index (χ0) is 24.8.